The van der Waals surface area contributed by atoms with E-state index in [9.17, 15) is 4.79 Å². The second kappa shape index (κ2) is 5.22. The molecule has 2 heterocycles. The zero-order valence-electron chi connectivity index (χ0n) is 10.6. The Kier molecular flexibility index (Phi) is 3.27. The minimum atomic E-state index is -0.143. The fourth-order valence-electron chi connectivity index (χ4n) is 2.15. The number of nitrogens with zero attached hydrogens (tertiary/aromatic N) is 3. The van der Waals surface area contributed by atoms with Crippen molar-refractivity contribution in [3.05, 3.63) is 46.4 Å². The second-order valence-electron chi connectivity index (χ2n) is 4.95. The van der Waals surface area contributed by atoms with Crippen molar-refractivity contribution in [2.75, 3.05) is 0 Å². The molecule has 0 radical (unpaired) electrons. The first-order valence-corrected chi connectivity index (χ1v) is 6.55. The molecule has 98 valence electrons. The van der Waals surface area contributed by atoms with Gasteiger partial charge in [0, 0.05) is 30.6 Å². The van der Waals surface area contributed by atoms with Gasteiger partial charge in [-0.1, -0.05) is 6.42 Å². The molecule has 0 aromatic carbocycles. The van der Waals surface area contributed by atoms with Gasteiger partial charge in [-0.3, -0.25) is 9.48 Å². The lowest BCUT2D eigenvalue weighted by molar-refractivity contribution is 0.266. The molecule has 0 atom stereocenters. The van der Waals surface area contributed by atoms with Gasteiger partial charge in [0.15, 0.2) is 0 Å². The molecule has 1 saturated carbocycles. The van der Waals surface area contributed by atoms with Gasteiger partial charge in [-0.15, -0.1) is 0 Å². The number of hydrogen-bond donors (Lipinski definition) is 1. The van der Waals surface area contributed by atoms with Crippen LogP contribution in [-0.4, -0.2) is 19.7 Å². The summed E-state index contributed by atoms with van der Waals surface area (Å²) in [6.07, 6.45) is 13.0. The lowest BCUT2D eigenvalue weighted by Gasteiger charge is -2.24. The van der Waals surface area contributed by atoms with E-state index in [-0.39, 0.29) is 5.56 Å². The number of nitrogens with one attached hydrogen (secondary N) is 1. The highest BCUT2D eigenvalue weighted by atomic mass is 16.1. The normalized spacial score (nSPS) is 15.8. The first-order valence-electron chi connectivity index (χ1n) is 6.55. The highest BCUT2D eigenvalue weighted by Crippen LogP contribution is 2.27. The third-order valence-electron chi connectivity index (χ3n) is 3.45. The molecule has 5 nitrogen and oxygen atoms in total. The van der Waals surface area contributed by atoms with E-state index >= 15 is 0 Å². The van der Waals surface area contributed by atoms with Crippen LogP contribution < -0.4 is 5.56 Å². The van der Waals surface area contributed by atoms with Crippen molar-refractivity contribution in [1.82, 2.24) is 19.7 Å². The van der Waals surface area contributed by atoms with Crippen LogP contribution in [0.4, 0.5) is 0 Å². The van der Waals surface area contributed by atoms with Crippen LogP contribution in [0, 0.1) is 5.92 Å². The van der Waals surface area contributed by atoms with Crippen molar-refractivity contribution in [2.45, 2.75) is 25.8 Å². The van der Waals surface area contributed by atoms with E-state index in [1.165, 1.54) is 31.5 Å². The van der Waals surface area contributed by atoms with Crippen molar-refractivity contribution >= 4 is 12.2 Å². The van der Waals surface area contributed by atoms with E-state index in [0.717, 1.165) is 18.0 Å². The Morgan fingerprint density at radius 3 is 3.05 bits per heavy atom. The molecule has 0 saturated heterocycles. The largest absolute Gasteiger partial charge is 0.307 e. The predicted octanol–water partition coefficient (Wildman–Crippen LogP) is 1.94. The number of H-pyrrole nitrogens is 1. The Balaban J connectivity index is 1.67. The van der Waals surface area contributed by atoms with E-state index in [2.05, 4.69) is 15.1 Å². The zero-order valence-corrected chi connectivity index (χ0v) is 10.6. The van der Waals surface area contributed by atoms with Gasteiger partial charge >= 0.3 is 0 Å². The summed E-state index contributed by atoms with van der Waals surface area (Å²) < 4.78 is 1.99. The fraction of sp³-hybridized carbons (Fsp3) is 0.357. The maximum Gasteiger partial charge on any atom is 0.251 e. The fourth-order valence-corrected chi connectivity index (χ4v) is 2.15. The van der Waals surface area contributed by atoms with Gasteiger partial charge in [0.25, 0.3) is 5.56 Å². The Morgan fingerprint density at radius 1 is 1.42 bits per heavy atom. The summed E-state index contributed by atoms with van der Waals surface area (Å²) in [6, 6.07) is 1.40. The van der Waals surface area contributed by atoms with E-state index in [0.29, 0.717) is 5.82 Å². The number of aromatic nitrogens is 4. The molecule has 2 aromatic rings. The van der Waals surface area contributed by atoms with Crippen molar-refractivity contribution < 1.29 is 0 Å². The van der Waals surface area contributed by atoms with Crippen molar-refractivity contribution in [1.29, 1.82) is 0 Å². The average molecular weight is 256 g/mol. The molecule has 0 unspecified atom stereocenters. The minimum absolute atomic E-state index is 0.143. The molecular formula is C14H16N4O. The van der Waals surface area contributed by atoms with Gasteiger partial charge < -0.3 is 4.98 Å². The van der Waals surface area contributed by atoms with Gasteiger partial charge in [-0.05, 0) is 30.9 Å². The number of aromatic amines is 1. The van der Waals surface area contributed by atoms with Crippen LogP contribution in [0.3, 0.4) is 0 Å². The molecule has 5 heteroatoms. The number of hydrogen-bond acceptors (Lipinski definition) is 3. The first kappa shape index (κ1) is 11.9. The Bertz CT molecular complexity index is 637. The summed E-state index contributed by atoms with van der Waals surface area (Å²) in [7, 11) is 0. The molecule has 0 amide bonds. The Hall–Kier alpha value is -2.17. The van der Waals surface area contributed by atoms with Crippen molar-refractivity contribution in [3.8, 4) is 0 Å². The minimum Gasteiger partial charge on any atom is -0.307 e. The van der Waals surface area contributed by atoms with Crippen molar-refractivity contribution in [3.63, 3.8) is 0 Å². The summed E-state index contributed by atoms with van der Waals surface area (Å²) in [6.45, 7) is 1.01. The molecule has 0 aliphatic heterocycles. The molecule has 0 bridgehead atoms. The van der Waals surface area contributed by atoms with Crippen LogP contribution in [0.5, 0.6) is 0 Å². The zero-order chi connectivity index (χ0) is 13.1. The topological polar surface area (TPSA) is 63.6 Å². The van der Waals surface area contributed by atoms with Gasteiger partial charge in [-0.2, -0.15) is 5.10 Å². The molecule has 3 rings (SSSR count). The third kappa shape index (κ3) is 2.99. The Labute approximate surface area is 111 Å². The van der Waals surface area contributed by atoms with Gasteiger partial charge in [0.05, 0.1) is 6.20 Å². The maximum absolute atomic E-state index is 11.1. The highest BCUT2D eigenvalue weighted by Gasteiger charge is 2.17. The quantitative estimate of drug-likeness (QED) is 0.909. The summed E-state index contributed by atoms with van der Waals surface area (Å²) in [5.41, 5.74) is 0.876. The summed E-state index contributed by atoms with van der Waals surface area (Å²) in [5.74, 6) is 1.35. The molecular weight excluding hydrogens is 240 g/mol. The average Bonchev–Trinajstić information content (AvgIpc) is 2.79. The maximum atomic E-state index is 11.1. The first-order chi connectivity index (χ1) is 9.29. The lowest BCUT2D eigenvalue weighted by Crippen LogP contribution is -2.18. The van der Waals surface area contributed by atoms with Gasteiger partial charge in [0.1, 0.15) is 5.82 Å². The van der Waals surface area contributed by atoms with E-state index in [4.69, 9.17) is 0 Å². The third-order valence-corrected chi connectivity index (χ3v) is 3.45. The second-order valence-corrected chi connectivity index (χ2v) is 4.95. The Morgan fingerprint density at radius 2 is 2.32 bits per heavy atom. The van der Waals surface area contributed by atoms with Crippen LogP contribution in [0.15, 0.2) is 29.5 Å². The molecule has 1 aliphatic carbocycles. The standard InChI is InChI=1S/C14H16N4O/c19-14-6-7-15-13(17-14)5-4-12-8-16-18(10-12)9-11-2-1-3-11/h4-8,10-11H,1-3,9H2,(H,15,17,19)/b5-4+. The molecule has 1 N–H and O–H groups in total. The lowest BCUT2D eigenvalue weighted by atomic mass is 9.85. The highest BCUT2D eigenvalue weighted by molar-refractivity contribution is 5.65. The van der Waals surface area contributed by atoms with Crippen LogP contribution in [0.1, 0.15) is 30.7 Å². The molecule has 0 spiro atoms. The summed E-state index contributed by atoms with van der Waals surface area (Å²) in [5, 5.41) is 4.34. The van der Waals surface area contributed by atoms with E-state index in [1.807, 2.05) is 23.2 Å². The SMILES string of the molecule is O=c1ccnc(/C=C/c2cnn(CC3CCC3)c2)[nH]1. The van der Waals surface area contributed by atoms with E-state index < -0.39 is 0 Å². The molecule has 19 heavy (non-hydrogen) atoms. The van der Waals surface area contributed by atoms with Crippen molar-refractivity contribution in [2.24, 2.45) is 5.92 Å². The summed E-state index contributed by atoms with van der Waals surface area (Å²) in [4.78, 5) is 17.8. The van der Waals surface area contributed by atoms with Gasteiger partial charge in [-0.25, -0.2) is 4.98 Å². The van der Waals surface area contributed by atoms with Crippen LogP contribution >= 0.6 is 0 Å². The summed E-state index contributed by atoms with van der Waals surface area (Å²) >= 11 is 0. The van der Waals surface area contributed by atoms with Gasteiger partial charge in [0.2, 0.25) is 0 Å². The molecule has 2 aromatic heterocycles. The molecule has 1 fully saturated rings. The molecule has 1 aliphatic rings. The smallest absolute Gasteiger partial charge is 0.251 e. The number of rotatable bonds is 4. The monoisotopic (exact) mass is 256 g/mol. The predicted molar refractivity (Wildman–Crippen MR) is 73.4 cm³/mol. The van der Waals surface area contributed by atoms with Crippen LogP contribution in [-0.2, 0) is 6.54 Å². The van der Waals surface area contributed by atoms with E-state index in [1.54, 1.807) is 6.08 Å². The van der Waals surface area contributed by atoms with Crippen LogP contribution in [0.2, 0.25) is 0 Å². The van der Waals surface area contributed by atoms with Crippen LogP contribution in [0.25, 0.3) is 12.2 Å².